The molecule has 0 bridgehead atoms. The van der Waals surface area contributed by atoms with E-state index in [1.54, 1.807) is 6.92 Å². The van der Waals surface area contributed by atoms with Crippen molar-refractivity contribution in [2.75, 3.05) is 6.61 Å². The molecule has 0 heterocycles. The van der Waals surface area contributed by atoms with Gasteiger partial charge in [-0.2, -0.15) is 0 Å². The van der Waals surface area contributed by atoms with Gasteiger partial charge in [0.05, 0.1) is 0 Å². The Hall–Kier alpha value is -1.20. The molecule has 0 aromatic heterocycles. The van der Waals surface area contributed by atoms with E-state index in [4.69, 9.17) is 9.84 Å². The molecular weight excluding hydrogens is 230 g/mol. The highest BCUT2D eigenvalue weighted by atomic mass is 19.1. The van der Waals surface area contributed by atoms with Gasteiger partial charge in [-0.3, -0.25) is 0 Å². The number of aliphatic hydroxyl groups excluding tert-OH is 1. The Bertz CT molecular complexity index is 399. The summed E-state index contributed by atoms with van der Waals surface area (Å²) in [6.45, 7) is 2.16. The molecule has 5 heteroatoms. The molecule has 1 saturated carbocycles. The van der Waals surface area contributed by atoms with Gasteiger partial charge in [0.1, 0.15) is 0 Å². The SMILES string of the molecule is CCOC(O)C1CC1c1cc(F)c(O)c(F)c1. The number of ether oxygens (including phenoxy) is 1. The van der Waals surface area contributed by atoms with Gasteiger partial charge < -0.3 is 14.9 Å². The van der Waals surface area contributed by atoms with E-state index < -0.39 is 23.7 Å². The van der Waals surface area contributed by atoms with Crippen molar-refractivity contribution in [3.63, 3.8) is 0 Å². The van der Waals surface area contributed by atoms with Gasteiger partial charge >= 0.3 is 0 Å². The number of halogens is 2. The van der Waals surface area contributed by atoms with Crippen molar-refractivity contribution in [3.05, 3.63) is 29.3 Å². The number of phenols is 1. The second-order valence-electron chi connectivity index (χ2n) is 4.19. The zero-order valence-electron chi connectivity index (χ0n) is 9.36. The molecule has 3 nitrogen and oxygen atoms in total. The second-order valence-corrected chi connectivity index (χ2v) is 4.19. The number of phenolic OH excluding ortho intramolecular Hbond substituents is 1. The third kappa shape index (κ3) is 2.40. The molecule has 1 aliphatic carbocycles. The Kier molecular flexibility index (Phi) is 3.31. The number of hydrogen-bond donors (Lipinski definition) is 2. The molecule has 0 spiro atoms. The first kappa shape index (κ1) is 12.3. The topological polar surface area (TPSA) is 49.7 Å². The van der Waals surface area contributed by atoms with Gasteiger partial charge in [0.2, 0.25) is 0 Å². The first-order valence-electron chi connectivity index (χ1n) is 5.52. The highest BCUT2D eigenvalue weighted by Crippen LogP contribution is 2.50. The number of aromatic hydroxyl groups is 1. The third-order valence-corrected chi connectivity index (χ3v) is 3.01. The van der Waals surface area contributed by atoms with Gasteiger partial charge in [-0.25, -0.2) is 8.78 Å². The van der Waals surface area contributed by atoms with Crippen molar-refractivity contribution >= 4 is 0 Å². The number of aliphatic hydroxyl groups is 1. The fourth-order valence-electron chi connectivity index (χ4n) is 2.01. The Balaban J connectivity index is 2.11. The highest BCUT2D eigenvalue weighted by molar-refractivity contribution is 5.34. The number of hydrogen-bond acceptors (Lipinski definition) is 3. The maximum absolute atomic E-state index is 13.1. The van der Waals surface area contributed by atoms with E-state index >= 15 is 0 Å². The minimum absolute atomic E-state index is 0.110. The van der Waals surface area contributed by atoms with E-state index in [9.17, 15) is 13.9 Å². The normalized spacial score (nSPS) is 24.7. The molecule has 0 radical (unpaired) electrons. The fourth-order valence-corrected chi connectivity index (χ4v) is 2.01. The lowest BCUT2D eigenvalue weighted by Gasteiger charge is -2.10. The van der Waals surface area contributed by atoms with E-state index in [0.29, 0.717) is 18.6 Å². The lowest BCUT2D eigenvalue weighted by Crippen LogP contribution is -2.15. The molecule has 1 fully saturated rings. The van der Waals surface area contributed by atoms with Crippen molar-refractivity contribution in [3.8, 4) is 5.75 Å². The third-order valence-electron chi connectivity index (χ3n) is 3.01. The van der Waals surface area contributed by atoms with E-state index in [-0.39, 0.29) is 11.8 Å². The predicted octanol–water partition coefficient (Wildman–Crippen LogP) is 2.13. The van der Waals surface area contributed by atoms with E-state index in [1.165, 1.54) is 0 Å². The molecule has 0 amide bonds. The summed E-state index contributed by atoms with van der Waals surface area (Å²) in [5, 5.41) is 18.5. The predicted molar refractivity (Wildman–Crippen MR) is 56.5 cm³/mol. The molecular formula is C12H14F2O3. The zero-order chi connectivity index (χ0) is 12.6. The molecule has 2 N–H and O–H groups in total. The van der Waals surface area contributed by atoms with Crippen molar-refractivity contribution in [1.29, 1.82) is 0 Å². The van der Waals surface area contributed by atoms with Crippen LogP contribution in [-0.2, 0) is 4.74 Å². The zero-order valence-corrected chi connectivity index (χ0v) is 9.36. The van der Waals surface area contributed by atoms with E-state index in [1.807, 2.05) is 0 Å². The summed E-state index contributed by atoms with van der Waals surface area (Å²) in [6.07, 6.45) is -0.268. The summed E-state index contributed by atoms with van der Waals surface area (Å²) in [5.41, 5.74) is 0.446. The van der Waals surface area contributed by atoms with Crippen LogP contribution in [-0.4, -0.2) is 23.1 Å². The first-order chi connectivity index (χ1) is 8.04. The molecule has 1 aromatic carbocycles. The summed E-state index contributed by atoms with van der Waals surface area (Å²) in [7, 11) is 0. The summed E-state index contributed by atoms with van der Waals surface area (Å²) >= 11 is 0. The molecule has 17 heavy (non-hydrogen) atoms. The van der Waals surface area contributed by atoms with E-state index in [2.05, 4.69) is 0 Å². The summed E-state index contributed by atoms with van der Waals surface area (Å²) in [5.74, 6) is -3.15. The second kappa shape index (κ2) is 4.58. The van der Waals surface area contributed by atoms with Crippen molar-refractivity contribution in [1.82, 2.24) is 0 Å². The monoisotopic (exact) mass is 244 g/mol. The highest BCUT2D eigenvalue weighted by Gasteiger charge is 2.44. The molecule has 1 aromatic rings. The molecule has 3 unspecified atom stereocenters. The van der Waals surface area contributed by atoms with Crippen LogP contribution in [0, 0.1) is 17.6 Å². The minimum atomic E-state index is -0.975. The number of rotatable bonds is 4. The Morgan fingerprint density at radius 2 is 2.00 bits per heavy atom. The largest absolute Gasteiger partial charge is 0.503 e. The van der Waals surface area contributed by atoms with Gasteiger partial charge in [0.25, 0.3) is 0 Å². The molecule has 1 aliphatic rings. The molecule has 3 atom stereocenters. The van der Waals surface area contributed by atoms with Gasteiger partial charge in [0, 0.05) is 12.5 Å². The fraction of sp³-hybridized carbons (Fsp3) is 0.500. The smallest absolute Gasteiger partial charge is 0.187 e. The van der Waals surface area contributed by atoms with Crippen LogP contribution in [0.4, 0.5) is 8.78 Å². The summed E-state index contributed by atoms with van der Waals surface area (Å²) < 4.78 is 31.3. The van der Waals surface area contributed by atoms with Crippen molar-refractivity contribution in [2.45, 2.75) is 25.6 Å². The summed E-state index contributed by atoms with van der Waals surface area (Å²) in [4.78, 5) is 0. The maximum atomic E-state index is 13.1. The van der Waals surface area contributed by atoms with Crippen LogP contribution in [0.2, 0.25) is 0 Å². The van der Waals surface area contributed by atoms with Crippen LogP contribution in [0.5, 0.6) is 5.75 Å². The van der Waals surface area contributed by atoms with Gasteiger partial charge in [-0.1, -0.05) is 0 Å². The van der Waals surface area contributed by atoms with E-state index in [0.717, 1.165) is 12.1 Å². The number of benzene rings is 1. The first-order valence-corrected chi connectivity index (χ1v) is 5.52. The van der Waals surface area contributed by atoms with Gasteiger partial charge in [0.15, 0.2) is 23.7 Å². The Morgan fingerprint density at radius 1 is 1.41 bits per heavy atom. The molecule has 0 aliphatic heterocycles. The van der Waals surface area contributed by atoms with Gasteiger partial charge in [-0.05, 0) is 37.0 Å². The van der Waals surface area contributed by atoms with Crippen molar-refractivity contribution < 1.29 is 23.7 Å². The van der Waals surface area contributed by atoms with Crippen LogP contribution >= 0.6 is 0 Å². The quantitative estimate of drug-likeness (QED) is 0.798. The molecule has 94 valence electrons. The Morgan fingerprint density at radius 3 is 2.53 bits per heavy atom. The lowest BCUT2D eigenvalue weighted by molar-refractivity contribution is -0.109. The van der Waals surface area contributed by atoms with Crippen LogP contribution in [0.1, 0.15) is 24.8 Å². The van der Waals surface area contributed by atoms with Crippen LogP contribution in [0.15, 0.2) is 12.1 Å². The maximum Gasteiger partial charge on any atom is 0.187 e. The average Bonchev–Trinajstić information content (AvgIpc) is 3.05. The lowest BCUT2D eigenvalue weighted by atomic mass is 10.1. The standard InChI is InChI=1S/C12H14F2O3/c1-2-17-12(16)8-5-7(8)6-3-9(13)11(15)10(14)4-6/h3-4,7-8,12,15-16H,2,5H2,1H3. The van der Waals surface area contributed by atoms with Crippen LogP contribution < -0.4 is 0 Å². The van der Waals surface area contributed by atoms with Crippen LogP contribution in [0.3, 0.4) is 0 Å². The minimum Gasteiger partial charge on any atom is -0.503 e. The Labute approximate surface area is 97.6 Å². The molecule has 2 rings (SSSR count). The summed E-state index contributed by atoms with van der Waals surface area (Å²) in [6, 6.07) is 2.20. The van der Waals surface area contributed by atoms with Gasteiger partial charge in [-0.15, -0.1) is 0 Å². The molecule has 0 saturated heterocycles. The van der Waals surface area contributed by atoms with Crippen molar-refractivity contribution in [2.24, 2.45) is 5.92 Å². The average molecular weight is 244 g/mol. The van der Waals surface area contributed by atoms with Crippen LogP contribution in [0.25, 0.3) is 0 Å².